The van der Waals surface area contributed by atoms with Gasteiger partial charge in [0, 0.05) is 59.7 Å². The summed E-state index contributed by atoms with van der Waals surface area (Å²) in [6.45, 7) is 0. The molecule has 0 saturated heterocycles. The van der Waals surface area contributed by atoms with Crippen molar-refractivity contribution in [1.29, 1.82) is 0 Å². The standard InChI is InChI=1S/C55H40N5/c1-57-38-58(52-30-14-13-29-51(52)57)43-23-15-24-44(36-43)59(42-21-9-4-10-22-42)45-31-32-49-48-25-11-12-28-50(48)60(53(49)37-45)54-35-41(33-34-56-54)55-46(39-17-5-2-6-18-39)26-16-27-47(55)40-19-7-3-8-20-40/h2-38H,1H3/q+1. The molecular weight excluding hydrogens is 731 g/mol. The zero-order valence-corrected chi connectivity index (χ0v) is 33.1. The first-order chi connectivity index (χ1) is 29.7. The smallest absolute Gasteiger partial charge is 0.191 e. The molecule has 60 heavy (non-hydrogen) atoms. The maximum atomic E-state index is 5.12. The molecule has 0 spiro atoms. The first kappa shape index (κ1) is 35.2. The lowest BCUT2D eigenvalue weighted by Crippen LogP contribution is -2.10. The molecule has 11 aromatic rings. The van der Waals surface area contributed by atoms with Crippen molar-refractivity contribution >= 4 is 49.9 Å². The molecule has 3 aromatic heterocycles. The van der Waals surface area contributed by atoms with Crippen LogP contribution in [0.4, 0.5) is 17.1 Å². The lowest BCUT2D eigenvalue weighted by atomic mass is 9.88. The number of hydrogen-bond donors (Lipinski definition) is 0. The van der Waals surface area contributed by atoms with Crippen molar-refractivity contribution in [2.24, 2.45) is 7.05 Å². The molecule has 0 N–H and O–H groups in total. The van der Waals surface area contributed by atoms with E-state index in [9.17, 15) is 0 Å². The molecule has 11 rings (SSSR count). The first-order valence-corrected chi connectivity index (χ1v) is 20.3. The minimum atomic E-state index is 0.860. The number of aryl methyl sites for hydroxylation is 1. The highest BCUT2D eigenvalue weighted by molar-refractivity contribution is 6.10. The molecule has 0 unspecified atom stereocenters. The quantitative estimate of drug-likeness (QED) is 0.144. The molecule has 0 saturated carbocycles. The summed E-state index contributed by atoms with van der Waals surface area (Å²) in [6.07, 6.45) is 4.11. The van der Waals surface area contributed by atoms with Crippen molar-refractivity contribution in [3.63, 3.8) is 0 Å². The van der Waals surface area contributed by atoms with Gasteiger partial charge in [-0.3, -0.25) is 4.57 Å². The van der Waals surface area contributed by atoms with Gasteiger partial charge in [-0.15, -0.1) is 0 Å². The van der Waals surface area contributed by atoms with Crippen LogP contribution in [0.2, 0.25) is 0 Å². The summed E-state index contributed by atoms with van der Waals surface area (Å²) in [5, 5.41) is 2.35. The van der Waals surface area contributed by atoms with E-state index in [4.69, 9.17) is 4.98 Å². The number of pyridine rings is 1. The Hall–Kier alpha value is -8.02. The predicted octanol–water partition coefficient (Wildman–Crippen LogP) is 14.2. The third-order valence-electron chi connectivity index (χ3n) is 11.6. The molecule has 0 bridgehead atoms. The molecule has 0 aliphatic carbocycles. The Morgan fingerprint density at radius 2 is 1.02 bits per heavy atom. The lowest BCUT2D eigenvalue weighted by molar-refractivity contribution is 0.911. The van der Waals surface area contributed by atoms with E-state index in [0.717, 1.165) is 50.7 Å². The minimum absolute atomic E-state index is 0.860. The summed E-state index contributed by atoms with van der Waals surface area (Å²) in [7, 11) is 2.10. The number of imidazole rings is 1. The summed E-state index contributed by atoms with van der Waals surface area (Å²) in [4.78, 5) is 7.47. The van der Waals surface area contributed by atoms with Crippen LogP contribution < -0.4 is 4.90 Å². The highest BCUT2D eigenvalue weighted by atomic mass is 15.2. The van der Waals surface area contributed by atoms with Crippen molar-refractivity contribution in [2.75, 3.05) is 4.90 Å². The SMILES string of the molecule is Cn1[cH+]n(-c2cccc(N(c3ccccc3)c3ccc4c5ccccc5n(-c5cc(-c6c(-c7ccccc7)cccc6-c6ccccc6)ccn5)c4c3)c2)c2ccccc21. The van der Waals surface area contributed by atoms with E-state index in [1.165, 1.54) is 44.1 Å². The molecule has 0 fully saturated rings. The minimum Gasteiger partial charge on any atom is -0.309 e. The van der Waals surface area contributed by atoms with Gasteiger partial charge in [0.25, 0.3) is 0 Å². The van der Waals surface area contributed by atoms with Crippen LogP contribution in [0.25, 0.3) is 77.7 Å². The number of aromatic nitrogens is 4. The largest absolute Gasteiger partial charge is 0.309 e. The molecule has 0 aliphatic heterocycles. The third kappa shape index (κ3) is 6.03. The van der Waals surface area contributed by atoms with Gasteiger partial charge in [-0.05, 0) is 100 Å². The third-order valence-corrected chi connectivity index (χ3v) is 11.6. The fourth-order valence-corrected chi connectivity index (χ4v) is 8.90. The van der Waals surface area contributed by atoms with Crippen LogP contribution in [0.5, 0.6) is 0 Å². The number of anilines is 3. The van der Waals surface area contributed by atoms with E-state index < -0.39 is 0 Å². The Labute approximate surface area is 348 Å². The van der Waals surface area contributed by atoms with Gasteiger partial charge in [-0.1, -0.05) is 121 Å². The number of rotatable bonds is 8. The molecule has 284 valence electrons. The van der Waals surface area contributed by atoms with Crippen molar-refractivity contribution in [3.8, 4) is 44.9 Å². The van der Waals surface area contributed by atoms with Gasteiger partial charge in [0.1, 0.15) is 11.5 Å². The highest BCUT2D eigenvalue weighted by Gasteiger charge is 2.22. The molecule has 5 nitrogen and oxygen atoms in total. The zero-order chi connectivity index (χ0) is 40.0. The van der Waals surface area contributed by atoms with Gasteiger partial charge in [0.05, 0.1) is 16.7 Å². The summed E-state index contributed by atoms with van der Waals surface area (Å²) in [5.41, 5.74) is 15.8. The summed E-state index contributed by atoms with van der Waals surface area (Å²) in [5.74, 6) is 0.860. The fraction of sp³-hybridized carbons (Fsp3) is 0.0182. The predicted molar refractivity (Wildman–Crippen MR) is 250 cm³/mol. The second-order valence-corrected chi connectivity index (χ2v) is 15.2. The number of nitrogens with zero attached hydrogens (tertiary/aromatic N) is 5. The molecule has 5 heteroatoms. The van der Waals surface area contributed by atoms with Crippen LogP contribution in [0.1, 0.15) is 0 Å². The van der Waals surface area contributed by atoms with Crippen LogP contribution >= 0.6 is 0 Å². The van der Waals surface area contributed by atoms with Crippen molar-refractivity contribution in [3.05, 3.63) is 225 Å². The molecular formula is C55H40N5+. The highest BCUT2D eigenvalue weighted by Crippen LogP contribution is 2.43. The second-order valence-electron chi connectivity index (χ2n) is 15.2. The van der Waals surface area contributed by atoms with Crippen molar-refractivity contribution in [1.82, 2.24) is 18.7 Å². The van der Waals surface area contributed by atoms with E-state index in [1.807, 2.05) is 6.20 Å². The maximum absolute atomic E-state index is 5.12. The van der Waals surface area contributed by atoms with Gasteiger partial charge in [-0.25, -0.2) is 9.55 Å². The van der Waals surface area contributed by atoms with E-state index in [0.29, 0.717) is 0 Å². The maximum Gasteiger partial charge on any atom is 0.191 e. The van der Waals surface area contributed by atoms with E-state index in [-0.39, 0.29) is 0 Å². The number of benzene rings is 8. The zero-order valence-electron chi connectivity index (χ0n) is 33.1. The molecule has 0 atom stereocenters. The van der Waals surface area contributed by atoms with Crippen LogP contribution in [0.3, 0.4) is 0 Å². The Kier molecular flexibility index (Phi) is 8.63. The topological polar surface area (TPSA) is 30.9 Å². The van der Waals surface area contributed by atoms with E-state index >= 15 is 0 Å². The lowest BCUT2D eigenvalue weighted by Gasteiger charge is -2.25. The summed E-state index contributed by atoms with van der Waals surface area (Å²) < 4.78 is 6.77. The number of hydrogen-bond acceptors (Lipinski definition) is 2. The van der Waals surface area contributed by atoms with Gasteiger partial charge < -0.3 is 4.90 Å². The molecule has 0 radical (unpaired) electrons. The summed E-state index contributed by atoms with van der Waals surface area (Å²) in [6, 6.07) is 75.9. The normalized spacial score (nSPS) is 11.4. The van der Waals surface area contributed by atoms with Crippen LogP contribution in [0.15, 0.2) is 225 Å². The molecule has 0 amide bonds. The first-order valence-electron chi connectivity index (χ1n) is 20.3. The van der Waals surface area contributed by atoms with Crippen molar-refractivity contribution < 1.29 is 0 Å². The Morgan fingerprint density at radius 1 is 0.433 bits per heavy atom. The average molecular weight is 771 g/mol. The van der Waals surface area contributed by atoms with Gasteiger partial charge in [-0.2, -0.15) is 4.57 Å². The average Bonchev–Trinajstić information content (AvgIpc) is 3.84. The Bertz CT molecular complexity index is 3270. The Morgan fingerprint density at radius 3 is 1.75 bits per heavy atom. The number of fused-ring (bicyclic) bond motifs is 4. The van der Waals surface area contributed by atoms with Crippen LogP contribution in [0, 0.1) is 0 Å². The van der Waals surface area contributed by atoms with Crippen LogP contribution in [-0.4, -0.2) is 18.7 Å². The van der Waals surface area contributed by atoms with Gasteiger partial charge in [0.2, 0.25) is 0 Å². The van der Waals surface area contributed by atoms with Crippen LogP contribution in [-0.2, 0) is 7.05 Å². The van der Waals surface area contributed by atoms with E-state index in [1.54, 1.807) is 0 Å². The van der Waals surface area contributed by atoms with E-state index in [2.05, 4.69) is 244 Å². The molecule has 0 aliphatic rings. The number of para-hydroxylation sites is 4. The van der Waals surface area contributed by atoms with Gasteiger partial charge >= 0.3 is 0 Å². The molecule has 3 heterocycles. The monoisotopic (exact) mass is 770 g/mol. The van der Waals surface area contributed by atoms with Crippen molar-refractivity contribution in [2.45, 2.75) is 0 Å². The Balaban J connectivity index is 1.11. The van der Waals surface area contributed by atoms with Gasteiger partial charge in [0.15, 0.2) is 17.4 Å². The molecule has 8 aromatic carbocycles. The summed E-state index contributed by atoms with van der Waals surface area (Å²) >= 11 is 0. The fourth-order valence-electron chi connectivity index (χ4n) is 8.90. The second kappa shape index (κ2) is 14.7.